The number of aromatic nitrogens is 4. The third-order valence-corrected chi connectivity index (χ3v) is 6.06. The van der Waals surface area contributed by atoms with Gasteiger partial charge in [0.05, 0.1) is 17.6 Å². The highest BCUT2D eigenvalue weighted by atomic mass is 16.5. The highest BCUT2D eigenvalue weighted by molar-refractivity contribution is 5.76. The monoisotopic (exact) mass is 434 g/mol. The van der Waals surface area contributed by atoms with Gasteiger partial charge in [-0.1, -0.05) is 11.2 Å². The van der Waals surface area contributed by atoms with E-state index < -0.39 is 0 Å². The van der Waals surface area contributed by atoms with Crippen molar-refractivity contribution in [1.29, 1.82) is 0 Å². The number of rotatable bonds is 8. The second-order valence-electron chi connectivity index (χ2n) is 8.58. The molecule has 0 bridgehead atoms. The summed E-state index contributed by atoms with van der Waals surface area (Å²) in [5.41, 5.74) is 3.01. The van der Waals surface area contributed by atoms with Crippen LogP contribution in [0.4, 0.5) is 5.95 Å². The minimum Gasteiger partial charge on any atom is -0.361 e. The highest BCUT2D eigenvalue weighted by Crippen LogP contribution is 2.38. The fraction of sp³-hybridized carbons (Fsp3) is 0.458. The Morgan fingerprint density at radius 3 is 2.66 bits per heavy atom. The maximum atomic E-state index is 12.2. The molecule has 0 saturated heterocycles. The van der Waals surface area contributed by atoms with Gasteiger partial charge in [0.2, 0.25) is 11.9 Å². The number of anilines is 1. The first kappa shape index (κ1) is 21.9. The Morgan fingerprint density at radius 2 is 1.97 bits per heavy atom. The quantitative estimate of drug-likeness (QED) is 0.578. The number of carbonyl (C=O) groups excluding carboxylic acids is 1. The summed E-state index contributed by atoms with van der Waals surface area (Å²) in [6.45, 7) is 0.724. The number of amides is 1. The minimum absolute atomic E-state index is 0.0624. The Labute approximate surface area is 188 Å². The zero-order chi connectivity index (χ0) is 22.3. The van der Waals surface area contributed by atoms with E-state index in [-0.39, 0.29) is 5.91 Å². The van der Waals surface area contributed by atoms with Crippen LogP contribution in [0.5, 0.6) is 0 Å². The van der Waals surface area contributed by atoms with Crippen LogP contribution >= 0.6 is 0 Å². The third-order valence-electron chi connectivity index (χ3n) is 6.06. The summed E-state index contributed by atoms with van der Waals surface area (Å²) in [6, 6.07) is 7.72. The molecule has 3 heterocycles. The van der Waals surface area contributed by atoms with Crippen LogP contribution in [0.25, 0.3) is 11.3 Å². The van der Waals surface area contributed by atoms with Crippen LogP contribution < -0.4 is 10.2 Å². The van der Waals surface area contributed by atoms with Crippen molar-refractivity contribution in [1.82, 2.24) is 25.4 Å². The highest BCUT2D eigenvalue weighted by Gasteiger charge is 2.27. The minimum atomic E-state index is 0.0624. The van der Waals surface area contributed by atoms with E-state index >= 15 is 0 Å². The van der Waals surface area contributed by atoms with Gasteiger partial charge in [-0.15, -0.1) is 0 Å². The van der Waals surface area contributed by atoms with Crippen molar-refractivity contribution in [3.63, 3.8) is 0 Å². The van der Waals surface area contributed by atoms with Gasteiger partial charge in [0.25, 0.3) is 0 Å². The van der Waals surface area contributed by atoms with E-state index in [0.29, 0.717) is 24.7 Å². The van der Waals surface area contributed by atoms with Gasteiger partial charge >= 0.3 is 0 Å². The van der Waals surface area contributed by atoms with Gasteiger partial charge in [-0.2, -0.15) is 0 Å². The first-order valence-electron chi connectivity index (χ1n) is 11.2. The molecule has 8 heteroatoms. The van der Waals surface area contributed by atoms with Crippen LogP contribution in [0.1, 0.15) is 49.5 Å². The van der Waals surface area contributed by atoms with Gasteiger partial charge in [-0.3, -0.25) is 9.78 Å². The van der Waals surface area contributed by atoms with Crippen molar-refractivity contribution in [2.75, 3.05) is 25.5 Å². The molecular weight excluding hydrogens is 404 g/mol. The average Bonchev–Trinajstić information content (AvgIpc) is 3.36. The molecule has 1 aliphatic rings. The predicted octanol–water partition coefficient (Wildman–Crippen LogP) is 3.62. The molecule has 168 valence electrons. The fourth-order valence-corrected chi connectivity index (χ4v) is 4.23. The summed E-state index contributed by atoms with van der Waals surface area (Å²) >= 11 is 0. The van der Waals surface area contributed by atoms with Crippen molar-refractivity contribution in [2.45, 2.75) is 44.4 Å². The standard InChI is InChI=1S/C24H30N6O2/c1-30(2)24-27-16-20(21-5-3-4-13-25-21)23(29-24)18-8-6-17(7-9-18)15-26-22(31)11-10-19-12-14-28-32-19/h3-5,12-14,16-18H,6-11,15H2,1-2H3,(H,26,31). The van der Waals surface area contributed by atoms with E-state index in [9.17, 15) is 4.79 Å². The summed E-state index contributed by atoms with van der Waals surface area (Å²) in [5.74, 6) is 2.39. The molecule has 1 aliphatic carbocycles. The Balaban J connectivity index is 1.35. The number of nitrogens with one attached hydrogen (secondary N) is 1. The molecule has 1 N–H and O–H groups in total. The first-order chi connectivity index (χ1) is 15.6. The van der Waals surface area contributed by atoms with E-state index in [2.05, 4.69) is 20.4 Å². The lowest BCUT2D eigenvalue weighted by atomic mass is 9.79. The normalized spacial score (nSPS) is 18.3. The SMILES string of the molecule is CN(C)c1ncc(-c2ccccn2)c(C2CCC(CNC(=O)CCc3ccno3)CC2)n1. The maximum absolute atomic E-state index is 12.2. The molecule has 0 aromatic carbocycles. The van der Waals surface area contributed by atoms with Crippen LogP contribution in [-0.2, 0) is 11.2 Å². The van der Waals surface area contributed by atoms with Gasteiger partial charge in [0.1, 0.15) is 5.76 Å². The lowest BCUT2D eigenvalue weighted by molar-refractivity contribution is -0.121. The molecule has 0 atom stereocenters. The molecule has 1 saturated carbocycles. The van der Waals surface area contributed by atoms with E-state index in [1.807, 2.05) is 43.4 Å². The Bertz CT molecular complexity index is 999. The molecule has 1 fully saturated rings. The number of nitrogens with zero attached hydrogens (tertiary/aromatic N) is 5. The maximum Gasteiger partial charge on any atom is 0.225 e. The lowest BCUT2D eigenvalue weighted by Crippen LogP contribution is -2.31. The molecule has 8 nitrogen and oxygen atoms in total. The smallest absolute Gasteiger partial charge is 0.225 e. The first-order valence-corrected chi connectivity index (χ1v) is 11.2. The number of carbonyl (C=O) groups is 1. The lowest BCUT2D eigenvalue weighted by Gasteiger charge is -2.29. The third kappa shape index (κ3) is 5.49. The van der Waals surface area contributed by atoms with E-state index in [1.165, 1.54) is 0 Å². The summed E-state index contributed by atoms with van der Waals surface area (Å²) in [4.78, 5) is 28.1. The second kappa shape index (κ2) is 10.3. The molecule has 4 rings (SSSR count). The second-order valence-corrected chi connectivity index (χ2v) is 8.58. The van der Waals surface area contributed by atoms with E-state index in [4.69, 9.17) is 9.51 Å². The molecule has 32 heavy (non-hydrogen) atoms. The van der Waals surface area contributed by atoms with Crippen molar-refractivity contribution < 1.29 is 9.32 Å². The Hall–Kier alpha value is -3.29. The number of pyridine rings is 1. The molecule has 0 aliphatic heterocycles. The van der Waals surface area contributed by atoms with Crippen molar-refractivity contribution in [3.05, 3.63) is 54.3 Å². The molecule has 0 radical (unpaired) electrons. The molecule has 3 aromatic rings. The van der Waals surface area contributed by atoms with Gasteiger partial charge in [-0.05, 0) is 43.7 Å². The van der Waals surface area contributed by atoms with Gasteiger partial charge in [0, 0.05) is 63.4 Å². The van der Waals surface area contributed by atoms with Crippen LogP contribution in [0, 0.1) is 5.92 Å². The predicted molar refractivity (Wildman–Crippen MR) is 122 cm³/mol. The number of hydrogen-bond donors (Lipinski definition) is 1. The van der Waals surface area contributed by atoms with E-state index in [1.54, 1.807) is 18.5 Å². The van der Waals surface area contributed by atoms with E-state index in [0.717, 1.165) is 60.9 Å². The molecule has 0 spiro atoms. The topological polar surface area (TPSA) is 97.0 Å². The van der Waals surface area contributed by atoms with Crippen molar-refractivity contribution >= 4 is 11.9 Å². The van der Waals surface area contributed by atoms with Gasteiger partial charge in [0.15, 0.2) is 0 Å². The van der Waals surface area contributed by atoms with Crippen molar-refractivity contribution in [3.8, 4) is 11.3 Å². The van der Waals surface area contributed by atoms with Gasteiger partial charge < -0.3 is 14.7 Å². The average molecular weight is 435 g/mol. The summed E-state index contributed by atoms with van der Waals surface area (Å²) in [7, 11) is 3.92. The van der Waals surface area contributed by atoms with Crippen molar-refractivity contribution in [2.24, 2.45) is 5.92 Å². The molecular formula is C24H30N6O2. The fourth-order valence-electron chi connectivity index (χ4n) is 4.23. The molecule has 1 amide bonds. The van der Waals surface area contributed by atoms with Crippen LogP contribution in [-0.4, -0.2) is 46.7 Å². The van der Waals surface area contributed by atoms with Gasteiger partial charge in [-0.25, -0.2) is 9.97 Å². The Kier molecular flexibility index (Phi) is 7.09. The summed E-state index contributed by atoms with van der Waals surface area (Å²) < 4.78 is 5.05. The summed E-state index contributed by atoms with van der Waals surface area (Å²) in [6.07, 6.45) is 10.5. The Morgan fingerprint density at radius 1 is 1.12 bits per heavy atom. The summed E-state index contributed by atoms with van der Waals surface area (Å²) in [5, 5.41) is 6.76. The van der Waals surface area contributed by atoms with Crippen LogP contribution in [0.2, 0.25) is 0 Å². The molecule has 3 aromatic heterocycles. The van der Waals surface area contributed by atoms with Crippen LogP contribution in [0.15, 0.2) is 47.4 Å². The van der Waals surface area contributed by atoms with Crippen LogP contribution in [0.3, 0.4) is 0 Å². The zero-order valence-corrected chi connectivity index (χ0v) is 18.7. The molecule has 0 unspecified atom stereocenters. The number of hydrogen-bond acceptors (Lipinski definition) is 7. The zero-order valence-electron chi connectivity index (χ0n) is 18.7. The number of aryl methyl sites for hydroxylation is 1. The largest absolute Gasteiger partial charge is 0.361 e.